The maximum atomic E-state index is 14.5. The third kappa shape index (κ3) is 3.94. The number of aliphatic hydroxyl groups excluding tert-OH is 1. The lowest BCUT2D eigenvalue weighted by atomic mass is 9.74. The van der Waals surface area contributed by atoms with Crippen LogP contribution < -0.4 is 0 Å². The summed E-state index contributed by atoms with van der Waals surface area (Å²) in [4.78, 5) is 48.3. The van der Waals surface area contributed by atoms with E-state index in [9.17, 15) is 19.5 Å². The highest BCUT2D eigenvalue weighted by Gasteiger charge is 2.74. The van der Waals surface area contributed by atoms with Gasteiger partial charge < -0.3 is 19.8 Å². The Labute approximate surface area is 220 Å². The Balaban J connectivity index is 1.92. The van der Waals surface area contributed by atoms with E-state index >= 15 is 0 Å². The van der Waals surface area contributed by atoms with Crippen molar-refractivity contribution in [3.63, 3.8) is 0 Å². The van der Waals surface area contributed by atoms with E-state index in [-0.39, 0.29) is 30.2 Å². The maximum Gasteiger partial charge on any atom is 0.247 e. The molecule has 2 saturated heterocycles. The number of carbonyl (C=O) groups excluding carboxylic acids is 3. The van der Waals surface area contributed by atoms with Crippen LogP contribution in [-0.2, 0) is 14.4 Å². The Hall–Kier alpha value is -1.80. The van der Waals surface area contributed by atoms with Gasteiger partial charge in [-0.2, -0.15) is 0 Å². The molecule has 4 heterocycles. The molecule has 3 amide bonds. The third-order valence-electron chi connectivity index (χ3n) is 8.73. The van der Waals surface area contributed by atoms with E-state index in [1.807, 2.05) is 50.5 Å². The molecule has 1 unspecified atom stereocenters. The summed E-state index contributed by atoms with van der Waals surface area (Å²) in [5.74, 6) is -1.49. The molecular formula is C28H43N3O4S. The van der Waals surface area contributed by atoms with Gasteiger partial charge in [-0.3, -0.25) is 14.4 Å². The molecule has 1 N–H and O–H groups in total. The quantitative estimate of drug-likeness (QED) is 0.548. The molecule has 7 nitrogen and oxygen atoms in total. The number of amides is 3. The normalized spacial score (nSPS) is 35.9. The van der Waals surface area contributed by atoms with Crippen LogP contribution in [-0.4, -0.2) is 90.9 Å². The number of thioether (sulfide) groups is 1. The van der Waals surface area contributed by atoms with E-state index < -0.39 is 39.0 Å². The monoisotopic (exact) mass is 517 g/mol. The van der Waals surface area contributed by atoms with Crippen LogP contribution in [0.25, 0.3) is 0 Å². The summed E-state index contributed by atoms with van der Waals surface area (Å²) in [5.41, 5.74) is -0.435. The van der Waals surface area contributed by atoms with Crippen LogP contribution >= 0.6 is 11.8 Å². The van der Waals surface area contributed by atoms with E-state index in [1.165, 1.54) is 0 Å². The average molecular weight is 518 g/mol. The van der Waals surface area contributed by atoms with Gasteiger partial charge in [-0.05, 0) is 40.0 Å². The number of aliphatic hydroxyl groups is 1. The number of nitrogens with zero attached hydrogens (tertiary/aromatic N) is 3. The smallest absolute Gasteiger partial charge is 0.247 e. The fraction of sp³-hybridized carbons (Fsp3) is 0.750. The van der Waals surface area contributed by atoms with Crippen molar-refractivity contribution in [1.29, 1.82) is 0 Å². The molecule has 8 heteroatoms. The Morgan fingerprint density at radius 2 is 1.72 bits per heavy atom. The number of likely N-dealkylation sites (tertiary alicyclic amines) is 1. The van der Waals surface area contributed by atoms with Gasteiger partial charge in [0, 0.05) is 29.9 Å². The second kappa shape index (κ2) is 9.50. The van der Waals surface area contributed by atoms with E-state index in [0.29, 0.717) is 19.6 Å². The van der Waals surface area contributed by atoms with Crippen LogP contribution in [0.2, 0.25) is 0 Å². The Bertz CT molecular complexity index is 974. The molecule has 36 heavy (non-hydrogen) atoms. The molecule has 2 fully saturated rings. The van der Waals surface area contributed by atoms with Gasteiger partial charge in [0.1, 0.15) is 6.04 Å². The van der Waals surface area contributed by atoms with E-state index in [2.05, 4.69) is 32.1 Å². The number of hydrogen-bond acceptors (Lipinski definition) is 5. The molecular weight excluding hydrogens is 474 g/mol. The summed E-state index contributed by atoms with van der Waals surface area (Å²) >= 11 is 1.61. The highest BCUT2D eigenvalue weighted by Crippen LogP contribution is 2.66. The van der Waals surface area contributed by atoms with Crippen molar-refractivity contribution in [2.75, 3.05) is 26.2 Å². The highest BCUT2D eigenvalue weighted by molar-refractivity contribution is 8.02. The van der Waals surface area contributed by atoms with Crippen molar-refractivity contribution < 1.29 is 19.5 Å². The van der Waals surface area contributed by atoms with Gasteiger partial charge in [0.2, 0.25) is 17.7 Å². The number of carbonyl (C=O) groups is 3. The lowest BCUT2D eigenvalue weighted by Gasteiger charge is -2.43. The molecule has 4 rings (SSSR count). The van der Waals surface area contributed by atoms with Crippen LogP contribution in [0.1, 0.15) is 61.3 Å². The van der Waals surface area contributed by atoms with Gasteiger partial charge in [0.25, 0.3) is 0 Å². The first-order chi connectivity index (χ1) is 16.9. The fourth-order valence-corrected chi connectivity index (χ4v) is 8.90. The fourth-order valence-electron chi connectivity index (χ4n) is 6.76. The van der Waals surface area contributed by atoms with Gasteiger partial charge in [-0.25, -0.2) is 0 Å². The Morgan fingerprint density at radius 1 is 1.06 bits per heavy atom. The molecule has 0 aliphatic carbocycles. The van der Waals surface area contributed by atoms with E-state index in [1.54, 1.807) is 16.7 Å². The lowest BCUT2D eigenvalue weighted by molar-refractivity contribution is -0.150. The molecule has 1 spiro atoms. The van der Waals surface area contributed by atoms with Crippen molar-refractivity contribution >= 4 is 29.5 Å². The number of hydrogen-bond donors (Lipinski definition) is 1. The molecule has 0 aromatic rings. The highest BCUT2D eigenvalue weighted by atomic mass is 32.2. The van der Waals surface area contributed by atoms with Crippen LogP contribution in [0.5, 0.6) is 0 Å². The van der Waals surface area contributed by atoms with Crippen molar-refractivity contribution in [2.45, 2.75) is 88.4 Å². The largest absolute Gasteiger partial charge is 0.394 e. The van der Waals surface area contributed by atoms with E-state index in [0.717, 1.165) is 12.8 Å². The van der Waals surface area contributed by atoms with Gasteiger partial charge in [0.05, 0.1) is 29.2 Å². The molecule has 0 aromatic carbocycles. The topological polar surface area (TPSA) is 81.2 Å². The minimum Gasteiger partial charge on any atom is -0.394 e. The summed E-state index contributed by atoms with van der Waals surface area (Å²) in [6.45, 7) is 15.6. The standard InChI is InChI=1S/C28H43N3O4S/c1-8-14-29-15-10-12-27(7)20(23(29)33)21-24(34)31(19(17-32)18(3)9-2)22-25(35)30(26(4,5)6)16-11-13-28(21,22)36-27/h10-13,18-22,32H,8-9,14-17H2,1-7H3/t18-,19-,20+,21-,22?,27-,28-/m0/s1. The summed E-state index contributed by atoms with van der Waals surface area (Å²) in [6.07, 6.45) is 9.84. The zero-order valence-electron chi connectivity index (χ0n) is 22.9. The van der Waals surface area contributed by atoms with Crippen LogP contribution in [0, 0.1) is 17.8 Å². The second-order valence-electron chi connectivity index (χ2n) is 12.1. The van der Waals surface area contributed by atoms with Crippen LogP contribution in [0.4, 0.5) is 0 Å². The van der Waals surface area contributed by atoms with Crippen molar-refractivity contribution in [3.05, 3.63) is 24.3 Å². The third-order valence-corrected chi connectivity index (χ3v) is 10.5. The first-order valence-corrected chi connectivity index (χ1v) is 14.3. The molecule has 0 radical (unpaired) electrons. The zero-order valence-corrected chi connectivity index (χ0v) is 23.7. The summed E-state index contributed by atoms with van der Waals surface area (Å²) in [5, 5.41) is 10.5. The van der Waals surface area contributed by atoms with Crippen LogP contribution in [0.15, 0.2) is 24.3 Å². The summed E-state index contributed by atoms with van der Waals surface area (Å²) in [6, 6.07) is -1.25. The van der Waals surface area contributed by atoms with Gasteiger partial charge in [0.15, 0.2) is 0 Å². The zero-order chi connectivity index (χ0) is 26.6. The molecule has 0 saturated carbocycles. The molecule has 7 atom stereocenters. The molecule has 200 valence electrons. The predicted molar refractivity (Wildman–Crippen MR) is 143 cm³/mol. The molecule has 4 aliphatic rings. The van der Waals surface area contributed by atoms with Gasteiger partial charge in [-0.15, -0.1) is 11.8 Å². The number of fused-ring (bicyclic) bond motifs is 2. The number of rotatable bonds is 6. The minimum absolute atomic E-state index is 0.00506. The lowest BCUT2D eigenvalue weighted by Crippen LogP contribution is -2.60. The predicted octanol–water partition coefficient (Wildman–Crippen LogP) is 3.09. The van der Waals surface area contributed by atoms with Crippen molar-refractivity contribution in [1.82, 2.24) is 14.7 Å². The first-order valence-electron chi connectivity index (χ1n) is 13.5. The van der Waals surface area contributed by atoms with Gasteiger partial charge >= 0.3 is 0 Å². The SMILES string of the molecule is CCCN1CC=C[C@]2(C)S[C@]34C=CCN(C(C)(C)C)C(=O)C3N([C@@H](CO)[C@@H](C)CC)C(=O)[C@@H]4[C@@H]2C1=O. The molecule has 0 bridgehead atoms. The van der Waals surface area contributed by atoms with Crippen molar-refractivity contribution in [2.24, 2.45) is 17.8 Å². The Morgan fingerprint density at radius 3 is 2.31 bits per heavy atom. The van der Waals surface area contributed by atoms with Crippen molar-refractivity contribution in [3.8, 4) is 0 Å². The molecule has 0 aromatic heterocycles. The molecule has 4 aliphatic heterocycles. The van der Waals surface area contributed by atoms with Gasteiger partial charge in [-0.1, -0.05) is 51.5 Å². The minimum atomic E-state index is -0.871. The Kier molecular flexibility index (Phi) is 7.19. The van der Waals surface area contributed by atoms with E-state index in [4.69, 9.17) is 0 Å². The van der Waals surface area contributed by atoms with Crippen LogP contribution in [0.3, 0.4) is 0 Å². The average Bonchev–Trinajstić information content (AvgIpc) is 3.07. The maximum absolute atomic E-state index is 14.5. The first kappa shape index (κ1) is 27.2. The summed E-state index contributed by atoms with van der Waals surface area (Å²) in [7, 11) is 0. The second-order valence-corrected chi connectivity index (χ2v) is 13.9. The summed E-state index contributed by atoms with van der Waals surface area (Å²) < 4.78 is -1.47.